The molecule has 202 valence electrons. The molecular weight excluding hydrogens is 497 g/mol. The van der Waals surface area contributed by atoms with Crippen molar-refractivity contribution in [1.29, 1.82) is 0 Å². The molecule has 0 aromatic rings. The third kappa shape index (κ3) is 3.95. The molecule has 3 fully saturated rings. The van der Waals surface area contributed by atoms with Crippen molar-refractivity contribution in [3.8, 4) is 0 Å². The van der Waals surface area contributed by atoms with E-state index in [1.807, 2.05) is 12.2 Å². The fraction of sp³-hybridized carbons (Fsp3) is 0.760. The van der Waals surface area contributed by atoms with Gasteiger partial charge < -0.3 is 9.47 Å². The number of carbonyl (C=O) groups is 2. The van der Waals surface area contributed by atoms with Gasteiger partial charge in [0.1, 0.15) is 11.9 Å². The summed E-state index contributed by atoms with van der Waals surface area (Å²) >= 11 is 0. The lowest BCUT2D eigenvalue weighted by Crippen LogP contribution is -2.58. The summed E-state index contributed by atoms with van der Waals surface area (Å²) in [5, 5.41) is 0. The van der Waals surface area contributed by atoms with E-state index in [-0.39, 0.29) is 29.6 Å². The Hall–Kier alpha value is -2.07. The number of allylic oxidation sites excluding steroid dienone is 3. The van der Waals surface area contributed by atoms with Crippen LogP contribution in [0.15, 0.2) is 23.5 Å². The highest BCUT2D eigenvalue weighted by molar-refractivity contribution is 5.79. The Morgan fingerprint density at radius 2 is 1.64 bits per heavy atom. The molecule has 36 heavy (non-hydrogen) atoms. The molecule has 0 heterocycles. The maximum Gasteiger partial charge on any atom is 0.460 e. The van der Waals surface area contributed by atoms with Gasteiger partial charge in [-0.15, -0.1) is 0 Å². The highest BCUT2D eigenvalue weighted by Gasteiger charge is 2.77. The maximum atomic E-state index is 13.9. The van der Waals surface area contributed by atoms with Gasteiger partial charge in [-0.05, 0) is 80.3 Å². The Balaban J connectivity index is 1.51. The number of esters is 2. The third-order valence-electron chi connectivity index (χ3n) is 9.21. The van der Waals surface area contributed by atoms with Crippen LogP contribution in [-0.4, -0.2) is 36.1 Å². The number of carbonyl (C=O) groups excluding carboxylic acids is 2. The van der Waals surface area contributed by atoms with Crippen LogP contribution in [-0.2, 0) is 19.1 Å². The second-order valence-corrected chi connectivity index (χ2v) is 11.1. The second kappa shape index (κ2) is 8.48. The van der Waals surface area contributed by atoms with Gasteiger partial charge >= 0.3 is 30.0 Å². The summed E-state index contributed by atoms with van der Waals surface area (Å²) in [5.41, 5.74) is 0.164. The average molecular weight is 526 g/mol. The predicted molar refractivity (Wildman–Crippen MR) is 113 cm³/mol. The van der Waals surface area contributed by atoms with E-state index in [0.29, 0.717) is 31.4 Å². The zero-order valence-corrected chi connectivity index (χ0v) is 20.2. The molecule has 0 saturated heterocycles. The van der Waals surface area contributed by atoms with Crippen LogP contribution >= 0.6 is 0 Å². The molecule has 0 aromatic carbocycles. The third-order valence-corrected chi connectivity index (χ3v) is 9.21. The number of fused-ring (bicyclic) bond motifs is 5. The predicted octanol–water partition coefficient (Wildman–Crippen LogP) is 6.75. The topological polar surface area (TPSA) is 52.6 Å². The lowest BCUT2D eigenvalue weighted by molar-refractivity contribution is -0.349. The minimum atomic E-state index is -6.60. The van der Waals surface area contributed by atoms with Crippen molar-refractivity contribution in [3.05, 3.63) is 23.5 Å². The molecule has 4 aliphatic rings. The van der Waals surface area contributed by atoms with Crippen LogP contribution in [0.4, 0.5) is 30.7 Å². The number of alkyl halides is 7. The zero-order valence-electron chi connectivity index (χ0n) is 20.2. The fourth-order valence-corrected chi connectivity index (χ4v) is 7.28. The van der Waals surface area contributed by atoms with Gasteiger partial charge in [0, 0.05) is 12.3 Å². The SMILES string of the molecule is CC(=O)OC1=CC[C@@]2(C)C(=C1)CCC1C2CC[C@@]2(C)C1CC[C@@H]2OC(=O)C(F)(F)C(F)(F)C(F)(F)F. The largest absolute Gasteiger partial charge is 0.460 e. The molecule has 4 rings (SSSR count). The molecular formula is C25H29F7O4. The maximum absolute atomic E-state index is 13.9. The molecule has 11 heteroatoms. The van der Waals surface area contributed by atoms with Crippen molar-refractivity contribution in [1.82, 2.24) is 0 Å². The Morgan fingerprint density at radius 3 is 2.25 bits per heavy atom. The van der Waals surface area contributed by atoms with Crippen molar-refractivity contribution < 1.29 is 49.8 Å². The van der Waals surface area contributed by atoms with E-state index < -0.39 is 41.5 Å². The Labute approximate surface area is 204 Å². The summed E-state index contributed by atoms with van der Waals surface area (Å²) in [4.78, 5) is 23.3. The zero-order chi connectivity index (χ0) is 26.9. The summed E-state index contributed by atoms with van der Waals surface area (Å²) in [5.74, 6) is -15.0. The average Bonchev–Trinajstić information content (AvgIpc) is 3.09. The molecule has 0 bridgehead atoms. The number of ether oxygens (including phenoxy) is 2. The summed E-state index contributed by atoms with van der Waals surface area (Å²) in [6.45, 7) is 5.23. The van der Waals surface area contributed by atoms with E-state index in [9.17, 15) is 40.3 Å². The van der Waals surface area contributed by atoms with Gasteiger partial charge in [0.15, 0.2) is 0 Å². The van der Waals surface area contributed by atoms with Gasteiger partial charge in [0.25, 0.3) is 0 Å². The molecule has 0 aromatic heterocycles. The van der Waals surface area contributed by atoms with Gasteiger partial charge in [0.2, 0.25) is 0 Å². The number of halogens is 7. The monoisotopic (exact) mass is 526 g/mol. The first-order chi connectivity index (χ1) is 16.4. The summed E-state index contributed by atoms with van der Waals surface area (Å²) in [6.07, 6.45) is -0.0950. The Morgan fingerprint density at radius 1 is 0.972 bits per heavy atom. The lowest BCUT2D eigenvalue weighted by atomic mass is 9.48. The molecule has 0 amide bonds. The van der Waals surface area contributed by atoms with Gasteiger partial charge in [-0.2, -0.15) is 30.7 Å². The highest BCUT2D eigenvalue weighted by atomic mass is 19.4. The molecule has 3 unspecified atom stereocenters. The van der Waals surface area contributed by atoms with Crippen LogP contribution in [0, 0.1) is 28.6 Å². The number of hydrogen-bond acceptors (Lipinski definition) is 4. The van der Waals surface area contributed by atoms with E-state index in [1.165, 1.54) is 12.5 Å². The fourth-order valence-electron chi connectivity index (χ4n) is 7.28. The van der Waals surface area contributed by atoms with Gasteiger partial charge in [-0.3, -0.25) is 4.79 Å². The molecule has 3 saturated carbocycles. The van der Waals surface area contributed by atoms with Crippen LogP contribution in [0.2, 0.25) is 0 Å². The van der Waals surface area contributed by atoms with Gasteiger partial charge in [-0.25, -0.2) is 4.79 Å². The van der Waals surface area contributed by atoms with Gasteiger partial charge in [-0.1, -0.05) is 19.4 Å². The minimum absolute atomic E-state index is 0.0528. The Kier molecular flexibility index (Phi) is 6.35. The second-order valence-electron chi connectivity index (χ2n) is 11.1. The molecule has 6 atom stereocenters. The highest BCUT2D eigenvalue weighted by Crippen LogP contribution is 2.65. The molecule has 0 N–H and O–H groups in total. The van der Waals surface area contributed by atoms with Gasteiger partial charge in [0.05, 0.1) is 0 Å². The quantitative estimate of drug-likeness (QED) is 0.300. The lowest BCUT2D eigenvalue weighted by Gasteiger charge is -2.57. The first-order valence-corrected chi connectivity index (χ1v) is 12.1. The molecule has 0 radical (unpaired) electrons. The van der Waals surface area contributed by atoms with Crippen molar-refractivity contribution >= 4 is 11.9 Å². The Bertz CT molecular complexity index is 1000. The minimum Gasteiger partial charge on any atom is -0.457 e. The smallest absolute Gasteiger partial charge is 0.457 e. The van der Waals surface area contributed by atoms with Crippen molar-refractivity contribution in [3.63, 3.8) is 0 Å². The van der Waals surface area contributed by atoms with E-state index in [0.717, 1.165) is 12.8 Å². The molecule has 4 aliphatic carbocycles. The van der Waals surface area contributed by atoms with Crippen LogP contribution in [0.1, 0.15) is 65.7 Å². The summed E-state index contributed by atoms with van der Waals surface area (Å²) in [7, 11) is 0. The molecule has 0 aliphatic heterocycles. The van der Waals surface area contributed by atoms with Crippen molar-refractivity contribution in [2.75, 3.05) is 0 Å². The normalized spacial score (nSPS) is 36.6. The number of rotatable bonds is 4. The first kappa shape index (κ1) is 27.0. The van der Waals surface area contributed by atoms with Crippen molar-refractivity contribution in [2.45, 2.75) is 89.8 Å². The summed E-state index contributed by atoms with van der Waals surface area (Å²) in [6, 6.07) is 0. The van der Waals surface area contributed by atoms with E-state index in [2.05, 4.69) is 6.92 Å². The van der Waals surface area contributed by atoms with E-state index >= 15 is 0 Å². The number of hydrogen-bond donors (Lipinski definition) is 0. The van der Waals surface area contributed by atoms with Crippen LogP contribution in [0.5, 0.6) is 0 Å². The standard InChI is InChI=1S/C25H29F7O4/c1-13(33)35-15-8-10-21(2)14(12-15)4-5-16-17-6-7-19(22(17,3)11-9-18(16)21)36-20(34)23(26,27)24(28,29)25(30,31)32/h8,12,16-19H,4-7,9-11H2,1-3H3/t16?,17?,18?,19-,21-,22-/m0/s1. The molecule has 4 nitrogen and oxygen atoms in total. The van der Waals surface area contributed by atoms with Crippen molar-refractivity contribution in [2.24, 2.45) is 28.6 Å². The van der Waals surface area contributed by atoms with Crippen LogP contribution in [0.3, 0.4) is 0 Å². The van der Waals surface area contributed by atoms with Crippen LogP contribution in [0.25, 0.3) is 0 Å². The summed E-state index contributed by atoms with van der Waals surface area (Å²) < 4.78 is 102. The molecule has 0 spiro atoms. The van der Waals surface area contributed by atoms with Crippen LogP contribution < -0.4 is 0 Å². The van der Waals surface area contributed by atoms with E-state index in [4.69, 9.17) is 9.47 Å². The first-order valence-electron chi connectivity index (χ1n) is 12.1. The van der Waals surface area contributed by atoms with E-state index in [1.54, 1.807) is 6.92 Å².